The quantitative estimate of drug-likeness (QED) is 0.388. The third-order valence-electron chi connectivity index (χ3n) is 2.69. The SMILES string of the molecule is CCOC(=O)CC(=O)NCCCN1CCOCC1. The number of nitrogens with one attached hydrogen (secondary N) is 1. The molecule has 1 aliphatic rings. The second kappa shape index (κ2) is 8.88. The zero-order chi connectivity index (χ0) is 13.2. The van der Waals surface area contributed by atoms with Crippen LogP contribution in [0, 0.1) is 0 Å². The van der Waals surface area contributed by atoms with Crippen LogP contribution in [0.5, 0.6) is 0 Å². The van der Waals surface area contributed by atoms with Crippen molar-refractivity contribution < 1.29 is 19.1 Å². The average molecular weight is 258 g/mol. The predicted octanol–water partition coefficient (Wildman–Crippen LogP) is -0.222. The number of hydrogen-bond acceptors (Lipinski definition) is 5. The Balaban J connectivity index is 1.99. The summed E-state index contributed by atoms with van der Waals surface area (Å²) in [5, 5.41) is 2.71. The van der Waals surface area contributed by atoms with E-state index in [-0.39, 0.29) is 12.3 Å². The molecule has 0 aromatic rings. The molecule has 0 bridgehead atoms. The molecule has 1 heterocycles. The van der Waals surface area contributed by atoms with Gasteiger partial charge in [-0.05, 0) is 19.9 Å². The molecule has 0 atom stereocenters. The predicted molar refractivity (Wildman–Crippen MR) is 66.1 cm³/mol. The Hall–Kier alpha value is -1.14. The molecule has 1 aliphatic heterocycles. The van der Waals surface area contributed by atoms with Gasteiger partial charge in [-0.1, -0.05) is 0 Å². The molecular formula is C12H22N2O4. The number of nitrogens with zero attached hydrogens (tertiary/aromatic N) is 1. The molecule has 0 aliphatic carbocycles. The van der Waals surface area contributed by atoms with Gasteiger partial charge in [-0.25, -0.2) is 0 Å². The lowest BCUT2D eigenvalue weighted by atomic mass is 10.3. The van der Waals surface area contributed by atoms with Crippen LogP contribution >= 0.6 is 0 Å². The van der Waals surface area contributed by atoms with Crippen LogP contribution in [0.3, 0.4) is 0 Å². The number of esters is 1. The van der Waals surface area contributed by atoms with Gasteiger partial charge in [0, 0.05) is 19.6 Å². The van der Waals surface area contributed by atoms with Gasteiger partial charge in [0.1, 0.15) is 6.42 Å². The van der Waals surface area contributed by atoms with Crippen LogP contribution in [0.25, 0.3) is 0 Å². The summed E-state index contributed by atoms with van der Waals surface area (Å²) in [5.41, 5.74) is 0. The second-order valence-electron chi connectivity index (χ2n) is 4.14. The van der Waals surface area contributed by atoms with E-state index in [1.54, 1.807) is 6.92 Å². The van der Waals surface area contributed by atoms with Crippen molar-refractivity contribution in [2.45, 2.75) is 19.8 Å². The third-order valence-corrected chi connectivity index (χ3v) is 2.69. The summed E-state index contributed by atoms with van der Waals surface area (Å²) >= 11 is 0. The number of carbonyl (C=O) groups excluding carboxylic acids is 2. The van der Waals surface area contributed by atoms with Crippen molar-refractivity contribution >= 4 is 11.9 Å². The number of amides is 1. The molecule has 18 heavy (non-hydrogen) atoms. The number of carbonyl (C=O) groups is 2. The molecule has 1 fully saturated rings. The van der Waals surface area contributed by atoms with Gasteiger partial charge in [0.2, 0.25) is 5.91 Å². The van der Waals surface area contributed by atoms with Gasteiger partial charge in [0.15, 0.2) is 0 Å². The smallest absolute Gasteiger partial charge is 0.315 e. The van der Waals surface area contributed by atoms with Crippen molar-refractivity contribution in [3.8, 4) is 0 Å². The minimum atomic E-state index is -0.469. The van der Waals surface area contributed by atoms with E-state index in [0.717, 1.165) is 39.3 Å². The largest absolute Gasteiger partial charge is 0.466 e. The Morgan fingerprint density at radius 1 is 1.33 bits per heavy atom. The van der Waals surface area contributed by atoms with Gasteiger partial charge in [0.25, 0.3) is 0 Å². The molecule has 0 unspecified atom stereocenters. The van der Waals surface area contributed by atoms with E-state index in [0.29, 0.717) is 13.2 Å². The number of rotatable bonds is 7. The van der Waals surface area contributed by atoms with Gasteiger partial charge in [0.05, 0.1) is 19.8 Å². The van der Waals surface area contributed by atoms with Gasteiger partial charge < -0.3 is 14.8 Å². The first-order valence-corrected chi connectivity index (χ1v) is 6.44. The second-order valence-corrected chi connectivity index (χ2v) is 4.14. The minimum absolute atomic E-state index is 0.189. The Kier molecular flexibility index (Phi) is 7.36. The molecule has 0 saturated carbocycles. The average Bonchev–Trinajstić information content (AvgIpc) is 2.36. The number of ether oxygens (including phenoxy) is 2. The lowest BCUT2D eigenvalue weighted by Crippen LogP contribution is -2.38. The van der Waals surface area contributed by atoms with Crippen LogP contribution in [0.2, 0.25) is 0 Å². The van der Waals surface area contributed by atoms with E-state index >= 15 is 0 Å². The zero-order valence-corrected chi connectivity index (χ0v) is 10.9. The molecule has 0 spiro atoms. The van der Waals surface area contributed by atoms with E-state index in [2.05, 4.69) is 10.2 Å². The van der Waals surface area contributed by atoms with Crippen molar-refractivity contribution in [1.82, 2.24) is 10.2 Å². The first-order chi connectivity index (χ1) is 8.72. The molecule has 1 N–H and O–H groups in total. The van der Waals surface area contributed by atoms with E-state index < -0.39 is 5.97 Å². The van der Waals surface area contributed by atoms with E-state index in [9.17, 15) is 9.59 Å². The van der Waals surface area contributed by atoms with Crippen LogP contribution < -0.4 is 5.32 Å². The van der Waals surface area contributed by atoms with Crippen LogP contribution in [0.4, 0.5) is 0 Å². The highest BCUT2D eigenvalue weighted by Gasteiger charge is 2.11. The van der Waals surface area contributed by atoms with Crippen LogP contribution in [0.1, 0.15) is 19.8 Å². The standard InChI is InChI=1S/C12H22N2O4/c1-2-18-12(16)10-11(15)13-4-3-5-14-6-8-17-9-7-14/h2-10H2,1H3,(H,13,15). The van der Waals surface area contributed by atoms with E-state index in [1.807, 2.05) is 0 Å². The summed E-state index contributed by atoms with van der Waals surface area (Å²) in [5.74, 6) is -0.737. The first-order valence-electron chi connectivity index (χ1n) is 6.44. The van der Waals surface area contributed by atoms with E-state index in [4.69, 9.17) is 9.47 Å². The summed E-state index contributed by atoms with van der Waals surface area (Å²) in [6.07, 6.45) is 0.694. The fourth-order valence-corrected chi connectivity index (χ4v) is 1.76. The summed E-state index contributed by atoms with van der Waals surface area (Å²) in [4.78, 5) is 24.7. The lowest BCUT2D eigenvalue weighted by Gasteiger charge is -2.26. The minimum Gasteiger partial charge on any atom is -0.466 e. The molecule has 0 aromatic carbocycles. The molecular weight excluding hydrogens is 236 g/mol. The van der Waals surface area contributed by atoms with Crippen LogP contribution in [0.15, 0.2) is 0 Å². The van der Waals surface area contributed by atoms with Gasteiger partial charge >= 0.3 is 5.97 Å². The maximum atomic E-state index is 11.3. The topological polar surface area (TPSA) is 67.9 Å². The van der Waals surface area contributed by atoms with Gasteiger partial charge in [-0.15, -0.1) is 0 Å². The Labute approximate surface area is 108 Å². The normalized spacial score (nSPS) is 16.3. The van der Waals surface area contributed by atoms with Crippen molar-refractivity contribution in [1.29, 1.82) is 0 Å². The maximum absolute atomic E-state index is 11.3. The molecule has 0 radical (unpaired) electrons. The summed E-state index contributed by atoms with van der Waals surface area (Å²) in [7, 11) is 0. The third kappa shape index (κ3) is 6.56. The van der Waals surface area contributed by atoms with Gasteiger partial charge in [-0.2, -0.15) is 0 Å². The number of hydrogen-bond donors (Lipinski definition) is 1. The van der Waals surface area contributed by atoms with Crippen molar-refractivity contribution in [2.75, 3.05) is 46.0 Å². The Morgan fingerprint density at radius 2 is 2.06 bits per heavy atom. The van der Waals surface area contributed by atoms with Crippen molar-refractivity contribution in [3.05, 3.63) is 0 Å². The maximum Gasteiger partial charge on any atom is 0.315 e. The molecule has 104 valence electrons. The Bertz CT molecular complexity index is 265. The number of morpholine rings is 1. The molecule has 1 rings (SSSR count). The zero-order valence-electron chi connectivity index (χ0n) is 10.9. The monoisotopic (exact) mass is 258 g/mol. The van der Waals surface area contributed by atoms with Gasteiger partial charge in [-0.3, -0.25) is 14.5 Å². The van der Waals surface area contributed by atoms with Crippen molar-refractivity contribution in [3.63, 3.8) is 0 Å². The Morgan fingerprint density at radius 3 is 2.72 bits per heavy atom. The molecule has 1 amide bonds. The fraction of sp³-hybridized carbons (Fsp3) is 0.833. The summed E-state index contributed by atoms with van der Waals surface area (Å²) in [6.45, 7) is 7.05. The molecule has 1 saturated heterocycles. The summed E-state index contributed by atoms with van der Waals surface area (Å²) in [6, 6.07) is 0. The highest BCUT2D eigenvalue weighted by Crippen LogP contribution is 1.97. The molecule has 6 nitrogen and oxygen atoms in total. The van der Waals surface area contributed by atoms with Crippen LogP contribution in [-0.4, -0.2) is 62.8 Å². The first kappa shape index (κ1) is 14.9. The van der Waals surface area contributed by atoms with Crippen molar-refractivity contribution in [2.24, 2.45) is 0 Å². The molecule has 0 aromatic heterocycles. The summed E-state index contributed by atoms with van der Waals surface area (Å²) < 4.78 is 9.94. The highest BCUT2D eigenvalue weighted by atomic mass is 16.5. The fourth-order valence-electron chi connectivity index (χ4n) is 1.76. The van der Waals surface area contributed by atoms with E-state index in [1.165, 1.54) is 0 Å². The molecule has 6 heteroatoms. The highest BCUT2D eigenvalue weighted by molar-refractivity contribution is 5.94. The lowest BCUT2D eigenvalue weighted by molar-refractivity contribution is -0.145. The van der Waals surface area contributed by atoms with Crippen LogP contribution in [-0.2, 0) is 19.1 Å².